The zero-order valence-electron chi connectivity index (χ0n) is 17.0. The van der Waals surface area contributed by atoms with Crippen LogP contribution in [-0.2, 0) is 0 Å². The number of pyridine rings is 1. The minimum absolute atomic E-state index is 1.02. The lowest BCUT2D eigenvalue weighted by atomic mass is 10.0. The fourth-order valence-electron chi connectivity index (χ4n) is 5.38. The van der Waals surface area contributed by atoms with Gasteiger partial charge in [0.1, 0.15) is 0 Å². The Labute approximate surface area is 187 Å². The standard InChI is InChI=1S/C29H16N2S/c1-3-10-25-18(6-1)21-8-5-9-22-19-13-12-17(14-26(19)31(25)29(21)22)24-15-23-20-7-2-4-11-27(20)32-28(23)16-30-24/h1-16H. The molecule has 0 N–H and O–H groups in total. The molecule has 0 saturated carbocycles. The molecular weight excluding hydrogens is 408 g/mol. The molecule has 4 aromatic carbocycles. The second-order valence-electron chi connectivity index (χ2n) is 8.45. The van der Waals surface area contributed by atoms with E-state index in [4.69, 9.17) is 4.98 Å². The van der Waals surface area contributed by atoms with Crippen LogP contribution in [0.15, 0.2) is 97.2 Å². The molecule has 32 heavy (non-hydrogen) atoms. The van der Waals surface area contributed by atoms with Crippen LogP contribution in [0.5, 0.6) is 0 Å². The number of rotatable bonds is 1. The molecule has 0 bridgehead atoms. The van der Waals surface area contributed by atoms with Crippen LogP contribution in [0.3, 0.4) is 0 Å². The summed E-state index contributed by atoms with van der Waals surface area (Å²) in [5.74, 6) is 0. The van der Waals surface area contributed by atoms with E-state index in [1.54, 1.807) is 0 Å². The molecule has 0 spiro atoms. The predicted molar refractivity (Wildman–Crippen MR) is 137 cm³/mol. The first-order valence-corrected chi connectivity index (χ1v) is 11.6. The Hall–Kier alpha value is -3.95. The van der Waals surface area contributed by atoms with Crippen molar-refractivity contribution in [3.63, 3.8) is 0 Å². The average molecular weight is 425 g/mol. The first-order valence-electron chi connectivity index (χ1n) is 10.8. The van der Waals surface area contributed by atoms with Gasteiger partial charge in [0.2, 0.25) is 0 Å². The van der Waals surface area contributed by atoms with E-state index in [-0.39, 0.29) is 0 Å². The van der Waals surface area contributed by atoms with Gasteiger partial charge < -0.3 is 4.40 Å². The second-order valence-corrected chi connectivity index (χ2v) is 9.53. The Kier molecular flexibility index (Phi) is 3.05. The number of para-hydroxylation sites is 2. The van der Waals surface area contributed by atoms with Crippen LogP contribution >= 0.6 is 11.3 Å². The Morgan fingerprint density at radius 2 is 1.31 bits per heavy atom. The molecule has 0 aliphatic carbocycles. The smallest absolute Gasteiger partial charge is 0.0710 e. The van der Waals surface area contributed by atoms with Crippen molar-refractivity contribution in [1.82, 2.24) is 9.38 Å². The van der Waals surface area contributed by atoms with Crippen molar-refractivity contribution in [2.45, 2.75) is 0 Å². The number of fused-ring (bicyclic) bond motifs is 9. The number of hydrogen-bond donors (Lipinski definition) is 0. The van der Waals surface area contributed by atoms with Gasteiger partial charge in [-0.1, -0.05) is 66.7 Å². The fraction of sp³-hybridized carbons (Fsp3) is 0. The lowest BCUT2D eigenvalue weighted by molar-refractivity contribution is 1.35. The summed E-state index contributed by atoms with van der Waals surface area (Å²) in [6, 6.07) is 33.0. The highest BCUT2D eigenvalue weighted by molar-refractivity contribution is 7.25. The van der Waals surface area contributed by atoms with Crippen molar-refractivity contribution in [1.29, 1.82) is 0 Å². The zero-order chi connectivity index (χ0) is 20.8. The van der Waals surface area contributed by atoms with E-state index in [0.29, 0.717) is 0 Å². The Bertz CT molecular complexity index is 1990. The zero-order valence-corrected chi connectivity index (χ0v) is 17.9. The molecule has 4 aromatic heterocycles. The van der Waals surface area contributed by atoms with Gasteiger partial charge in [-0.3, -0.25) is 4.98 Å². The molecule has 148 valence electrons. The third-order valence-electron chi connectivity index (χ3n) is 6.78. The number of hydrogen-bond acceptors (Lipinski definition) is 2. The van der Waals surface area contributed by atoms with Crippen LogP contribution in [0.4, 0.5) is 0 Å². The third kappa shape index (κ3) is 2.02. The van der Waals surface area contributed by atoms with E-state index in [1.165, 1.54) is 58.3 Å². The van der Waals surface area contributed by atoms with Gasteiger partial charge in [0.15, 0.2) is 0 Å². The number of aromatic nitrogens is 2. The van der Waals surface area contributed by atoms with Crippen molar-refractivity contribution in [3.8, 4) is 11.3 Å². The minimum Gasteiger partial charge on any atom is -0.308 e. The van der Waals surface area contributed by atoms with Gasteiger partial charge in [-0.05, 0) is 24.3 Å². The quantitative estimate of drug-likeness (QED) is 0.259. The first-order chi connectivity index (χ1) is 15.9. The van der Waals surface area contributed by atoms with E-state index in [2.05, 4.69) is 95.4 Å². The molecule has 0 aliphatic heterocycles. The molecule has 0 atom stereocenters. The van der Waals surface area contributed by atoms with Crippen LogP contribution in [0, 0.1) is 0 Å². The van der Waals surface area contributed by atoms with Crippen LogP contribution in [0.25, 0.3) is 69.5 Å². The monoisotopic (exact) mass is 424 g/mol. The maximum atomic E-state index is 4.85. The Balaban J connectivity index is 1.47. The summed E-state index contributed by atoms with van der Waals surface area (Å²) in [5, 5.41) is 7.83. The molecule has 8 aromatic rings. The molecule has 0 aliphatic rings. The van der Waals surface area contributed by atoms with Crippen LogP contribution in [0.2, 0.25) is 0 Å². The summed E-state index contributed by atoms with van der Waals surface area (Å²) in [6.45, 7) is 0. The van der Waals surface area contributed by atoms with Gasteiger partial charge in [-0.2, -0.15) is 0 Å². The summed E-state index contributed by atoms with van der Waals surface area (Å²) < 4.78 is 4.98. The molecule has 8 rings (SSSR count). The fourth-order valence-corrected chi connectivity index (χ4v) is 6.43. The normalized spacial score (nSPS) is 12.4. The van der Waals surface area contributed by atoms with Gasteiger partial charge in [0, 0.05) is 48.8 Å². The molecule has 0 unspecified atom stereocenters. The SMILES string of the molecule is c1ccc2c(c1)sc1cnc(-c3ccc4c5cccc6c7ccccc7n(c4c3)c65)cc12. The van der Waals surface area contributed by atoms with E-state index in [9.17, 15) is 0 Å². The molecule has 0 saturated heterocycles. The summed E-state index contributed by atoms with van der Waals surface area (Å²) in [4.78, 5) is 4.85. The van der Waals surface area contributed by atoms with Crippen molar-refractivity contribution in [3.05, 3.63) is 97.2 Å². The number of benzene rings is 4. The molecule has 0 radical (unpaired) electrons. The van der Waals surface area contributed by atoms with Gasteiger partial charge in [-0.25, -0.2) is 0 Å². The van der Waals surface area contributed by atoms with E-state index < -0.39 is 0 Å². The van der Waals surface area contributed by atoms with Gasteiger partial charge >= 0.3 is 0 Å². The highest BCUT2D eigenvalue weighted by atomic mass is 32.1. The largest absolute Gasteiger partial charge is 0.308 e. The second kappa shape index (κ2) is 5.84. The van der Waals surface area contributed by atoms with Crippen molar-refractivity contribution < 1.29 is 0 Å². The molecular formula is C29H16N2S. The summed E-state index contributed by atoms with van der Waals surface area (Å²) >= 11 is 1.81. The van der Waals surface area contributed by atoms with Crippen LogP contribution in [0.1, 0.15) is 0 Å². The summed E-state index contributed by atoms with van der Waals surface area (Å²) in [6.07, 6.45) is 2.03. The first kappa shape index (κ1) is 16.7. The minimum atomic E-state index is 1.02. The molecule has 2 nitrogen and oxygen atoms in total. The van der Waals surface area contributed by atoms with E-state index in [1.807, 2.05) is 17.5 Å². The predicted octanol–water partition coefficient (Wildman–Crippen LogP) is 8.27. The summed E-state index contributed by atoms with van der Waals surface area (Å²) in [5.41, 5.74) is 5.99. The van der Waals surface area contributed by atoms with Crippen molar-refractivity contribution in [2.24, 2.45) is 0 Å². The van der Waals surface area contributed by atoms with E-state index in [0.717, 1.165) is 11.3 Å². The van der Waals surface area contributed by atoms with Crippen molar-refractivity contribution >= 4 is 69.6 Å². The topological polar surface area (TPSA) is 17.3 Å². The maximum Gasteiger partial charge on any atom is 0.0710 e. The average Bonchev–Trinajstić information content (AvgIpc) is 3.50. The van der Waals surface area contributed by atoms with Gasteiger partial charge in [0.25, 0.3) is 0 Å². The highest BCUT2D eigenvalue weighted by Crippen LogP contribution is 2.40. The molecule has 0 amide bonds. The lowest BCUT2D eigenvalue weighted by Crippen LogP contribution is -1.85. The number of nitrogens with zero attached hydrogens (tertiary/aromatic N) is 2. The van der Waals surface area contributed by atoms with Crippen LogP contribution < -0.4 is 0 Å². The van der Waals surface area contributed by atoms with Crippen LogP contribution in [-0.4, -0.2) is 9.38 Å². The molecule has 3 heteroatoms. The molecule has 0 fully saturated rings. The maximum absolute atomic E-state index is 4.85. The molecule has 4 heterocycles. The Morgan fingerprint density at radius 3 is 2.22 bits per heavy atom. The summed E-state index contributed by atoms with van der Waals surface area (Å²) in [7, 11) is 0. The third-order valence-corrected chi connectivity index (χ3v) is 7.91. The van der Waals surface area contributed by atoms with Gasteiger partial charge in [0.05, 0.1) is 26.9 Å². The highest BCUT2D eigenvalue weighted by Gasteiger charge is 2.17. The Morgan fingerprint density at radius 1 is 0.562 bits per heavy atom. The van der Waals surface area contributed by atoms with E-state index >= 15 is 0 Å². The van der Waals surface area contributed by atoms with Gasteiger partial charge in [-0.15, -0.1) is 11.3 Å². The lowest BCUT2D eigenvalue weighted by Gasteiger charge is -2.04. The van der Waals surface area contributed by atoms with Crippen molar-refractivity contribution in [2.75, 3.05) is 0 Å². The number of thiophene rings is 1.